The van der Waals surface area contributed by atoms with E-state index in [1.54, 1.807) is 18.5 Å². The van der Waals surface area contributed by atoms with Gasteiger partial charge in [0, 0.05) is 29.9 Å². The molecule has 9 heteroatoms. The molecule has 7 nitrogen and oxygen atoms in total. The Morgan fingerprint density at radius 2 is 1.97 bits per heavy atom. The monoisotopic (exact) mass is 470 g/mol. The summed E-state index contributed by atoms with van der Waals surface area (Å²) in [5, 5.41) is 13.3. The molecule has 0 radical (unpaired) electrons. The summed E-state index contributed by atoms with van der Waals surface area (Å²) < 4.78 is 10.6. The molecule has 4 rings (SSSR count). The predicted molar refractivity (Wildman–Crippen MR) is 121 cm³/mol. The zero-order valence-electron chi connectivity index (χ0n) is 17.2. The van der Waals surface area contributed by atoms with Crippen LogP contribution in [0.5, 0.6) is 11.5 Å². The zero-order valence-corrected chi connectivity index (χ0v) is 18.8. The number of benzene rings is 1. The molecule has 0 bridgehead atoms. The van der Waals surface area contributed by atoms with Gasteiger partial charge in [0.25, 0.3) is 11.7 Å². The lowest BCUT2D eigenvalue weighted by Gasteiger charge is -2.24. The number of Topliss-reactive ketones (excluding diaryl/α,β-unsaturated/α-hetero) is 1. The fourth-order valence-corrected chi connectivity index (χ4v) is 4.75. The van der Waals surface area contributed by atoms with Crippen molar-refractivity contribution in [3.8, 4) is 11.5 Å². The summed E-state index contributed by atoms with van der Waals surface area (Å²) in [6, 6.07) is 9.44. The molecule has 1 amide bonds. The van der Waals surface area contributed by atoms with Gasteiger partial charge in [0.05, 0.1) is 36.4 Å². The molecular formula is C23H19ClN2O5S. The van der Waals surface area contributed by atoms with Gasteiger partial charge in [0.1, 0.15) is 17.3 Å². The number of carbonyl (C=O) groups is 2. The van der Waals surface area contributed by atoms with E-state index in [-0.39, 0.29) is 34.2 Å². The van der Waals surface area contributed by atoms with Crippen LogP contribution in [0.15, 0.2) is 59.7 Å². The van der Waals surface area contributed by atoms with Gasteiger partial charge in [-0.15, -0.1) is 11.3 Å². The smallest absolute Gasteiger partial charge is 0.295 e. The van der Waals surface area contributed by atoms with Crippen LogP contribution in [0.2, 0.25) is 5.02 Å². The quantitative estimate of drug-likeness (QED) is 0.325. The Labute approximate surface area is 193 Å². The first-order valence-electron chi connectivity index (χ1n) is 9.58. The number of pyridine rings is 1. The Kier molecular flexibility index (Phi) is 6.16. The third-order valence-electron chi connectivity index (χ3n) is 5.16. The van der Waals surface area contributed by atoms with Crippen LogP contribution in [0.3, 0.4) is 0 Å². The van der Waals surface area contributed by atoms with Gasteiger partial charge >= 0.3 is 0 Å². The Balaban J connectivity index is 1.88. The first kappa shape index (κ1) is 21.9. The summed E-state index contributed by atoms with van der Waals surface area (Å²) in [5.41, 5.74) is 0.932. The largest absolute Gasteiger partial charge is 0.507 e. The maximum absolute atomic E-state index is 13.1. The SMILES string of the molecule is COc1cc(OC)c(/C(O)=C2/C(=O)C(=O)N(Cc3cccnc3)C2c2cccs2)cc1Cl. The maximum atomic E-state index is 13.1. The van der Waals surface area contributed by atoms with E-state index in [9.17, 15) is 14.7 Å². The lowest BCUT2D eigenvalue weighted by molar-refractivity contribution is -0.140. The molecule has 0 saturated carbocycles. The van der Waals surface area contributed by atoms with Crippen molar-refractivity contribution in [1.29, 1.82) is 0 Å². The number of carbonyl (C=O) groups excluding carboxylic acids is 2. The van der Waals surface area contributed by atoms with Crippen molar-refractivity contribution < 1.29 is 24.2 Å². The van der Waals surface area contributed by atoms with Crippen molar-refractivity contribution in [1.82, 2.24) is 9.88 Å². The van der Waals surface area contributed by atoms with E-state index < -0.39 is 17.7 Å². The van der Waals surface area contributed by atoms with Crippen molar-refractivity contribution in [2.24, 2.45) is 0 Å². The molecule has 0 spiro atoms. The number of rotatable bonds is 6. The molecule has 164 valence electrons. The summed E-state index contributed by atoms with van der Waals surface area (Å²) in [4.78, 5) is 32.4. The minimum Gasteiger partial charge on any atom is -0.507 e. The molecule has 3 heterocycles. The van der Waals surface area contributed by atoms with Gasteiger partial charge in [-0.3, -0.25) is 14.6 Å². The second kappa shape index (κ2) is 9.02. The molecule has 1 aliphatic rings. The third-order valence-corrected chi connectivity index (χ3v) is 6.38. The highest BCUT2D eigenvalue weighted by molar-refractivity contribution is 7.10. The lowest BCUT2D eigenvalue weighted by Crippen LogP contribution is -2.28. The molecule has 1 aliphatic heterocycles. The highest BCUT2D eigenvalue weighted by Crippen LogP contribution is 2.44. The summed E-state index contributed by atoms with van der Waals surface area (Å²) >= 11 is 7.65. The number of amides is 1. The van der Waals surface area contributed by atoms with E-state index >= 15 is 0 Å². The number of aliphatic hydroxyl groups excluding tert-OH is 1. The van der Waals surface area contributed by atoms with E-state index in [0.29, 0.717) is 5.75 Å². The number of aromatic nitrogens is 1. The Morgan fingerprint density at radius 1 is 1.19 bits per heavy atom. The average molecular weight is 471 g/mol. The fraction of sp³-hybridized carbons (Fsp3) is 0.174. The molecule has 1 aromatic carbocycles. The molecule has 3 aromatic rings. The number of hydrogen-bond donors (Lipinski definition) is 1. The normalized spacial score (nSPS) is 17.6. The topological polar surface area (TPSA) is 89.0 Å². The molecule has 1 saturated heterocycles. The van der Waals surface area contributed by atoms with E-state index in [1.807, 2.05) is 23.6 Å². The Hall–Kier alpha value is -3.36. The maximum Gasteiger partial charge on any atom is 0.295 e. The van der Waals surface area contributed by atoms with Crippen molar-refractivity contribution >= 4 is 40.4 Å². The first-order valence-corrected chi connectivity index (χ1v) is 10.8. The van der Waals surface area contributed by atoms with Crippen LogP contribution >= 0.6 is 22.9 Å². The van der Waals surface area contributed by atoms with Gasteiger partial charge in [-0.1, -0.05) is 23.7 Å². The molecule has 1 unspecified atom stereocenters. The molecule has 1 fully saturated rings. The highest BCUT2D eigenvalue weighted by atomic mass is 35.5. The number of thiophene rings is 1. The van der Waals surface area contributed by atoms with E-state index in [1.165, 1.54) is 42.6 Å². The standard InChI is InChI=1S/C23H19ClN2O5S/c1-30-16-10-17(31-2)15(24)9-14(16)21(27)19-20(18-6-4-8-32-18)26(23(29)22(19)28)12-13-5-3-7-25-11-13/h3-11,20,27H,12H2,1-2H3/b21-19-. The average Bonchev–Trinajstić information content (AvgIpc) is 3.42. The summed E-state index contributed by atoms with van der Waals surface area (Å²) in [6.45, 7) is 0.165. The predicted octanol–water partition coefficient (Wildman–Crippen LogP) is 4.44. The number of ether oxygens (including phenoxy) is 2. The van der Waals surface area contributed by atoms with Crippen molar-refractivity contribution in [2.45, 2.75) is 12.6 Å². The van der Waals surface area contributed by atoms with E-state index in [2.05, 4.69) is 4.98 Å². The van der Waals surface area contributed by atoms with E-state index in [4.69, 9.17) is 21.1 Å². The zero-order chi connectivity index (χ0) is 22.8. The Bertz CT molecular complexity index is 1190. The second-order valence-electron chi connectivity index (χ2n) is 6.99. The molecular weight excluding hydrogens is 452 g/mol. The van der Waals surface area contributed by atoms with Crippen LogP contribution in [0.1, 0.15) is 22.0 Å². The van der Waals surface area contributed by atoms with Crippen LogP contribution in [0.4, 0.5) is 0 Å². The number of likely N-dealkylation sites (tertiary alicyclic amines) is 1. The van der Waals surface area contributed by atoms with Crippen LogP contribution < -0.4 is 9.47 Å². The number of nitrogens with zero attached hydrogens (tertiary/aromatic N) is 2. The van der Waals surface area contributed by atoms with Gasteiger partial charge in [-0.2, -0.15) is 0 Å². The van der Waals surface area contributed by atoms with Gasteiger partial charge < -0.3 is 19.5 Å². The number of methoxy groups -OCH3 is 2. The van der Waals surface area contributed by atoms with Crippen molar-refractivity contribution in [3.63, 3.8) is 0 Å². The first-order chi connectivity index (χ1) is 15.5. The number of halogens is 1. The second-order valence-corrected chi connectivity index (χ2v) is 8.38. The van der Waals surface area contributed by atoms with Crippen LogP contribution in [-0.4, -0.2) is 40.9 Å². The summed E-state index contributed by atoms with van der Waals surface area (Å²) in [7, 11) is 2.89. The van der Waals surface area contributed by atoms with E-state index in [0.717, 1.165) is 10.4 Å². The van der Waals surface area contributed by atoms with Crippen LogP contribution in [0, 0.1) is 0 Å². The summed E-state index contributed by atoms with van der Waals surface area (Å²) in [6.07, 6.45) is 3.27. The van der Waals surface area contributed by atoms with Crippen molar-refractivity contribution in [2.75, 3.05) is 14.2 Å². The molecule has 2 aromatic heterocycles. The van der Waals surface area contributed by atoms with Crippen LogP contribution in [-0.2, 0) is 16.1 Å². The minimum atomic E-state index is -0.779. The van der Waals surface area contributed by atoms with Crippen molar-refractivity contribution in [3.05, 3.63) is 80.8 Å². The fourth-order valence-electron chi connectivity index (χ4n) is 3.66. The number of aliphatic hydroxyl groups is 1. The molecule has 0 aliphatic carbocycles. The van der Waals surface area contributed by atoms with Crippen LogP contribution in [0.25, 0.3) is 5.76 Å². The minimum absolute atomic E-state index is 0.0270. The molecule has 1 atom stereocenters. The molecule has 1 N–H and O–H groups in total. The summed E-state index contributed by atoms with van der Waals surface area (Å²) in [5.74, 6) is -1.23. The van der Waals surface area contributed by atoms with Gasteiger partial charge in [0.15, 0.2) is 0 Å². The Morgan fingerprint density at radius 3 is 2.59 bits per heavy atom. The lowest BCUT2D eigenvalue weighted by atomic mass is 9.99. The highest BCUT2D eigenvalue weighted by Gasteiger charge is 2.46. The third kappa shape index (κ3) is 3.83. The number of ketones is 1. The van der Waals surface area contributed by atoms with Gasteiger partial charge in [-0.05, 0) is 29.1 Å². The molecule has 32 heavy (non-hydrogen) atoms. The number of hydrogen-bond acceptors (Lipinski definition) is 7. The van der Waals surface area contributed by atoms with Gasteiger partial charge in [-0.25, -0.2) is 0 Å². The van der Waals surface area contributed by atoms with Gasteiger partial charge in [0.2, 0.25) is 0 Å².